The Morgan fingerprint density at radius 2 is 2.33 bits per heavy atom. The van der Waals surface area contributed by atoms with Crippen LogP contribution in [0.1, 0.15) is 39.5 Å². The minimum absolute atomic E-state index is 0.0668. The van der Waals surface area contributed by atoms with Crippen molar-refractivity contribution in [1.29, 1.82) is 0 Å². The van der Waals surface area contributed by atoms with E-state index in [1.54, 1.807) is 25.4 Å². The van der Waals surface area contributed by atoms with Crippen molar-refractivity contribution >= 4 is 11.6 Å². The molecular weight excluding hydrogens is 268 g/mol. The van der Waals surface area contributed by atoms with Gasteiger partial charge in [-0.15, -0.1) is 0 Å². The van der Waals surface area contributed by atoms with E-state index >= 15 is 0 Å². The van der Waals surface area contributed by atoms with Gasteiger partial charge in [-0.3, -0.25) is 4.79 Å². The van der Waals surface area contributed by atoms with Crippen molar-refractivity contribution < 1.29 is 14.3 Å². The van der Waals surface area contributed by atoms with E-state index in [4.69, 9.17) is 9.47 Å². The summed E-state index contributed by atoms with van der Waals surface area (Å²) in [7, 11) is 1.56. The fourth-order valence-electron chi connectivity index (χ4n) is 3.00. The van der Waals surface area contributed by atoms with E-state index in [9.17, 15) is 4.79 Å². The normalized spacial score (nSPS) is 25.4. The molecule has 1 fully saturated rings. The molecule has 5 heteroatoms. The van der Waals surface area contributed by atoms with Crippen LogP contribution >= 0.6 is 0 Å². The number of ether oxygens (including phenoxy) is 2. The lowest BCUT2D eigenvalue weighted by molar-refractivity contribution is -0.147. The highest BCUT2D eigenvalue weighted by atomic mass is 16.5. The van der Waals surface area contributed by atoms with E-state index in [0.29, 0.717) is 24.1 Å². The fourth-order valence-corrected chi connectivity index (χ4v) is 3.00. The quantitative estimate of drug-likeness (QED) is 0.906. The highest BCUT2D eigenvalue weighted by molar-refractivity contribution is 5.97. The average Bonchev–Trinajstić information content (AvgIpc) is 2.48. The number of hydrogen-bond donors (Lipinski definition) is 1. The molecule has 1 saturated carbocycles. The van der Waals surface area contributed by atoms with Gasteiger partial charge in [0, 0.05) is 12.7 Å². The van der Waals surface area contributed by atoms with Crippen LogP contribution < -0.4 is 10.1 Å². The van der Waals surface area contributed by atoms with Gasteiger partial charge in [0.25, 0.3) is 5.91 Å². The molecule has 2 atom stereocenters. The molecule has 116 valence electrons. The summed E-state index contributed by atoms with van der Waals surface area (Å²) < 4.78 is 10.9. The molecule has 5 nitrogen and oxygen atoms in total. The van der Waals surface area contributed by atoms with Crippen LogP contribution in [-0.4, -0.2) is 30.2 Å². The van der Waals surface area contributed by atoms with Crippen LogP contribution in [0.15, 0.2) is 18.3 Å². The third-order valence-corrected chi connectivity index (χ3v) is 3.99. The minimum atomic E-state index is -0.702. The van der Waals surface area contributed by atoms with Gasteiger partial charge in [0.05, 0.1) is 19.0 Å². The first-order valence-corrected chi connectivity index (χ1v) is 7.55. The van der Waals surface area contributed by atoms with Gasteiger partial charge in [-0.2, -0.15) is 0 Å². The number of nitrogens with zero attached hydrogens (tertiary/aromatic N) is 1. The molecule has 0 saturated heterocycles. The Bertz CT molecular complexity index is 471. The highest BCUT2D eigenvalue weighted by Gasteiger charge is 2.42. The van der Waals surface area contributed by atoms with E-state index in [1.165, 1.54) is 0 Å². The summed E-state index contributed by atoms with van der Waals surface area (Å²) in [5.74, 6) is 0.965. The second-order valence-corrected chi connectivity index (χ2v) is 5.67. The van der Waals surface area contributed by atoms with Crippen LogP contribution in [0.5, 0.6) is 5.88 Å². The number of methoxy groups -OCH3 is 1. The Labute approximate surface area is 126 Å². The number of carbonyl (C=O) groups is 1. The zero-order chi connectivity index (χ0) is 15.3. The van der Waals surface area contributed by atoms with Crippen LogP contribution in [0.2, 0.25) is 0 Å². The number of anilines is 1. The largest absolute Gasteiger partial charge is 0.481 e. The van der Waals surface area contributed by atoms with Gasteiger partial charge in [0.2, 0.25) is 5.88 Å². The molecule has 1 aliphatic rings. The predicted molar refractivity (Wildman–Crippen MR) is 81.4 cm³/mol. The predicted octanol–water partition coefficient (Wildman–Crippen LogP) is 3.01. The van der Waals surface area contributed by atoms with Gasteiger partial charge in [-0.1, -0.05) is 13.3 Å². The molecule has 0 aliphatic heterocycles. The Morgan fingerprint density at radius 1 is 1.52 bits per heavy atom. The Kier molecular flexibility index (Phi) is 5.17. The van der Waals surface area contributed by atoms with Gasteiger partial charge >= 0.3 is 0 Å². The zero-order valence-electron chi connectivity index (χ0n) is 13.0. The third-order valence-electron chi connectivity index (χ3n) is 3.99. The lowest BCUT2D eigenvalue weighted by Gasteiger charge is -2.38. The van der Waals surface area contributed by atoms with E-state index in [1.807, 2.05) is 6.92 Å². The number of pyridine rings is 1. The van der Waals surface area contributed by atoms with Crippen molar-refractivity contribution in [2.24, 2.45) is 5.92 Å². The fraction of sp³-hybridized carbons (Fsp3) is 0.625. The molecule has 1 amide bonds. The van der Waals surface area contributed by atoms with Gasteiger partial charge in [0.1, 0.15) is 5.60 Å². The molecule has 1 aromatic rings. The molecule has 2 rings (SSSR count). The molecule has 0 bridgehead atoms. The lowest BCUT2D eigenvalue weighted by atomic mass is 9.78. The van der Waals surface area contributed by atoms with E-state index in [2.05, 4.69) is 17.2 Å². The maximum atomic E-state index is 12.7. The summed E-state index contributed by atoms with van der Waals surface area (Å²) in [4.78, 5) is 16.8. The summed E-state index contributed by atoms with van der Waals surface area (Å²) in [6.07, 6.45) is 5.33. The molecule has 1 heterocycles. The van der Waals surface area contributed by atoms with Crippen LogP contribution in [0.25, 0.3) is 0 Å². The molecule has 0 radical (unpaired) electrons. The molecule has 1 aromatic heterocycles. The van der Waals surface area contributed by atoms with Crippen LogP contribution in [0.3, 0.4) is 0 Å². The monoisotopic (exact) mass is 292 g/mol. The summed E-state index contributed by atoms with van der Waals surface area (Å²) >= 11 is 0. The molecule has 0 unspecified atom stereocenters. The summed E-state index contributed by atoms with van der Waals surface area (Å²) in [5, 5.41) is 2.93. The number of carbonyl (C=O) groups excluding carboxylic acids is 1. The number of rotatable bonds is 5. The molecule has 1 N–H and O–H groups in total. The molecule has 0 spiro atoms. The number of nitrogens with one attached hydrogen (secondary N) is 1. The minimum Gasteiger partial charge on any atom is -0.481 e. The summed E-state index contributed by atoms with van der Waals surface area (Å²) in [5.41, 5.74) is -0.0371. The number of aromatic nitrogens is 1. The maximum absolute atomic E-state index is 12.7. The topological polar surface area (TPSA) is 60.5 Å². The summed E-state index contributed by atoms with van der Waals surface area (Å²) in [6, 6.07) is 3.52. The Morgan fingerprint density at radius 3 is 2.90 bits per heavy atom. The Hall–Kier alpha value is -1.62. The van der Waals surface area contributed by atoms with Gasteiger partial charge < -0.3 is 14.8 Å². The molecule has 21 heavy (non-hydrogen) atoms. The van der Waals surface area contributed by atoms with Gasteiger partial charge in [-0.05, 0) is 38.2 Å². The Balaban J connectivity index is 2.10. The number of amides is 1. The van der Waals surface area contributed by atoms with Crippen molar-refractivity contribution in [2.45, 2.75) is 45.1 Å². The maximum Gasteiger partial charge on any atom is 0.256 e. The van der Waals surface area contributed by atoms with Crippen molar-refractivity contribution in [3.8, 4) is 5.88 Å². The van der Waals surface area contributed by atoms with Crippen molar-refractivity contribution in [3.05, 3.63) is 18.3 Å². The highest BCUT2D eigenvalue weighted by Crippen LogP contribution is 2.36. The van der Waals surface area contributed by atoms with Gasteiger partial charge in [0.15, 0.2) is 0 Å². The molecular formula is C16H24N2O3. The second-order valence-electron chi connectivity index (χ2n) is 5.67. The first kappa shape index (κ1) is 15.8. The van der Waals surface area contributed by atoms with Crippen LogP contribution in [0, 0.1) is 5.92 Å². The van der Waals surface area contributed by atoms with Crippen LogP contribution in [-0.2, 0) is 9.53 Å². The smallest absolute Gasteiger partial charge is 0.256 e. The second kappa shape index (κ2) is 6.89. The van der Waals surface area contributed by atoms with Gasteiger partial charge in [-0.25, -0.2) is 4.98 Å². The van der Waals surface area contributed by atoms with Crippen molar-refractivity contribution in [3.63, 3.8) is 0 Å². The summed E-state index contributed by atoms with van der Waals surface area (Å²) in [6.45, 7) is 4.65. The van der Waals surface area contributed by atoms with E-state index < -0.39 is 5.60 Å². The standard InChI is InChI=1S/C16H24N2O3/c1-4-21-16(9-5-6-12(2)10-16)15(19)18-13-7-8-14(20-3)17-11-13/h7-8,11-12H,4-6,9-10H2,1-3H3,(H,18,19)/t12-,16+/m1/s1. The zero-order valence-corrected chi connectivity index (χ0v) is 13.0. The van der Waals surface area contributed by atoms with Crippen molar-refractivity contribution in [1.82, 2.24) is 4.98 Å². The number of hydrogen-bond acceptors (Lipinski definition) is 4. The van der Waals surface area contributed by atoms with Crippen LogP contribution in [0.4, 0.5) is 5.69 Å². The first-order chi connectivity index (χ1) is 10.1. The first-order valence-electron chi connectivity index (χ1n) is 7.55. The average molecular weight is 292 g/mol. The third kappa shape index (κ3) is 3.73. The van der Waals surface area contributed by atoms with E-state index in [-0.39, 0.29) is 5.91 Å². The van der Waals surface area contributed by atoms with Crippen molar-refractivity contribution in [2.75, 3.05) is 19.0 Å². The van der Waals surface area contributed by atoms with E-state index in [0.717, 1.165) is 25.7 Å². The molecule has 0 aromatic carbocycles. The molecule has 1 aliphatic carbocycles. The SMILES string of the molecule is CCO[C@@]1(C(=O)Nc2ccc(OC)nc2)CCC[C@@H](C)C1. The lowest BCUT2D eigenvalue weighted by Crippen LogP contribution is -2.48.